The monoisotopic (exact) mass is 273 g/mol. The molecule has 2 nitrogen and oxygen atoms in total. The minimum atomic E-state index is -0.653. The minimum Gasteiger partial charge on any atom is -0.313 e. The molecule has 5 atom stereocenters. The largest absolute Gasteiger partial charge is 0.313 e. The number of hydrogen-bond donors (Lipinski definition) is 1. The van der Waals surface area contributed by atoms with Gasteiger partial charge in [0.2, 0.25) is 0 Å². The second kappa shape index (κ2) is 8.31. The molecule has 0 aliphatic heterocycles. The molecule has 1 aliphatic rings. The van der Waals surface area contributed by atoms with Crippen LogP contribution in [0.1, 0.15) is 59.8 Å². The van der Waals surface area contributed by atoms with E-state index < -0.39 is 10.8 Å². The van der Waals surface area contributed by atoms with Crippen molar-refractivity contribution in [3.05, 3.63) is 0 Å². The van der Waals surface area contributed by atoms with Crippen LogP contribution >= 0.6 is 0 Å². The maximum Gasteiger partial charge on any atom is 0.0503 e. The molecular formula is C15H31NOS. The smallest absolute Gasteiger partial charge is 0.0503 e. The molecule has 0 radical (unpaired) electrons. The predicted molar refractivity (Wildman–Crippen MR) is 81.3 cm³/mol. The van der Waals surface area contributed by atoms with Crippen LogP contribution in [-0.2, 0) is 10.8 Å². The standard InChI is InChI=1S/C15H31NOS/c1-5-9-16-14-8-7-13(4)10-15(14)18(17)11-12(3)6-2/h12-16H,5-11H2,1-4H3. The van der Waals surface area contributed by atoms with Crippen LogP contribution in [0.3, 0.4) is 0 Å². The third kappa shape index (κ3) is 5.00. The van der Waals surface area contributed by atoms with Gasteiger partial charge in [-0.05, 0) is 44.1 Å². The van der Waals surface area contributed by atoms with Crippen molar-refractivity contribution in [1.82, 2.24) is 5.32 Å². The summed E-state index contributed by atoms with van der Waals surface area (Å²) in [6.07, 6.45) is 5.94. The van der Waals surface area contributed by atoms with E-state index in [9.17, 15) is 4.21 Å². The van der Waals surface area contributed by atoms with Gasteiger partial charge in [-0.15, -0.1) is 0 Å². The summed E-state index contributed by atoms with van der Waals surface area (Å²) in [6.45, 7) is 9.99. The Morgan fingerprint density at radius 3 is 2.67 bits per heavy atom. The highest BCUT2D eigenvalue weighted by Crippen LogP contribution is 2.28. The van der Waals surface area contributed by atoms with Gasteiger partial charge in [0.15, 0.2) is 0 Å². The minimum absolute atomic E-state index is 0.384. The first-order valence-corrected chi connectivity index (χ1v) is 9.07. The summed E-state index contributed by atoms with van der Waals surface area (Å²) in [5.41, 5.74) is 0. The van der Waals surface area contributed by atoms with Crippen LogP contribution < -0.4 is 5.32 Å². The van der Waals surface area contributed by atoms with E-state index in [0.29, 0.717) is 17.2 Å². The van der Waals surface area contributed by atoms with Crippen molar-refractivity contribution in [3.63, 3.8) is 0 Å². The molecule has 3 heteroatoms. The number of rotatable bonds is 7. The summed E-state index contributed by atoms with van der Waals surface area (Å²) in [7, 11) is -0.653. The lowest BCUT2D eigenvalue weighted by molar-refractivity contribution is 0.313. The van der Waals surface area contributed by atoms with Gasteiger partial charge in [0.05, 0.1) is 5.25 Å². The molecule has 0 heterocycles. The van der Waals surface area contributed by atoms with Gasteiger partial charge in [0.25, 0.3) is 0 Å². The molecule has 0 bridgehead atoms. The maximum absolute atomic E-state index is 12.6. The number of hydrogen-bond acceptors (Lipinski definition) is 2. The van der Waals surface area contributed by atoms with Crippen LogP contribution in [0.25, 0.3) is 0 Å². The molecule has 0 saturated heterocycles. The third-order valence-electron chi connectivity index (χ3n) is 4.19. The number of nitrogens with one attached hydrogen (secondary N) is 1. The fraction of sp³-hybridized carbons (Fsp3) is 1.00. The Labute approximate surface area is 116 Å². The van der Waals surface area contributed by atoms with E-state index in [1.807, 2.05) is 0 Å². The second-order valence-corrected chi connectivity index (χ2v) is 7.78. The molecule has 1 rings (SSSR count). The molecule has 0 aromatic rings. The van der Waals surface area contributed by atoms with Crippen molar-refractivity contribution in [2.24, 2.45) is 11.8 Å². The Bertz CT molecular complexity index is 255. The van der Waals surface area contributed by atoms with Crippen molar-refractivity contribution < 1.29 is 4.21 Å². The highest BCUT2D eigenvalue weighted by molar-refractivity contribution is 7.85. The first-order valence-electron chi connectivity index (χ1n) is 7.69. The molecule has 0 aromatic carbocycles. The quantitative estimate of drug-likeness (QED) is 0.771. The molecule has 1 fully saturated rings. The van der Waals surface area contributed by atoms with E-state index in [1.165, 1.54) is 12.8 Å². The van der Waals surface area contributed by atoms with Gasteiger partial charge < -0.3 is 5.32 Å². The average molecular weight is 273 g/mol. The lowest BCUT2D eigenvalue weighted by atomic mass is 9.87. The van der Waals surface area contributed by atoms with Crippen LogP contribution in [-0.4, -0.2) is 27.8 Å². The molecular weight excluding hydrogens is 242 g/mol. The fourth-order valence-electron chi connectivity index (χ4n) is 2.70. The van der Waals surface area contributed by atoms with Gasteiger partial charge in [-0.2, -0.15) is 0 Å². The first-order chi connectivity index (χ1) is 8.58. The average Bonchev–Trinajstić information content (AvgIpc) is 2.36. The second-order valence-electron chi connectivity index (χ2n) is 6.08. The zero-order valence-electron chi connectivity index (χ0n) is 12.6. The lowest BCUT2D eigenvalue weighted by Gasteiger charge is -2.35. The van der Waals surface area contributed by atoms with Crippen LogP contribution in [0.4, 0.5) is 0 Å². The Kier molecular flexibility index (Phi) is 7.47. The van der Waals surface area contributed by atoms with E-state index in [0.717, 1.165) is 37.5 Å². The predicted octanol–water partition coefficient (Wildman–Crippen LogP) is 3.34. The van der Waals surface area contributed by atoms with Gasteiger partial charge >= 0.3 is 0 Å². The summed E-state index contributed by atoms with van der Waals surface area (Å²) in [5.74, 6) is 2.23. The van der Waals surface area contributed by atoms with E-state index >= 15 is 0 Å². The van der Waals surface area contributed by atoms with Crippen LogP contribution in [0.5, 0.6) is 0 Å². The molecule has 108 valence electrons. The van der Waals surface area contributed by atoms with Gasteiger partial charge in [-0.25, -0.2) is 0 Å². The van der Waals surface area contributed by atoms with Crippen molar-refractivity contribution in [3.8, 4) is 0 Å². The molecule has 1 aliphatic carbocycles. The molecule has 1 saturated carbocycles. The van der Waals surface area contributed by atoms with Crippen molar-refractivity contribution in [2.45, 2.75) is 71.1 Å². The van der Waals surface area contributed by atoms with Crippen molar-refractivity contribution in [2.75, 3.05) is 12.3 Å². The fourth-order valence-corrected chi connectivity index (χ4v) is 4.89. The summed E-state index contributed by atoms with van der Waals surface area (Å²) < 4.78 is 12.6. The molecule has 5 unspecified atom stereocenters. The maximum atomic E-state index is 12.6. The SMILES string of the molecule is CCCNC1CCC(C)CC1S(=O)CC(C)CC. The zero-order chi connectivity index (χ0) is 13.5. The molecule has 18 heavy (non-hydrogen) atoms. The zero-order valence-corrected chi connectivity index (χ0v) is 13.4. The van der Waals surface area contributed by atoms with Gasteiger partial charge in [0.1, 0.15) is 0 Å². The topological polar surface area (TPSA) is 29.1 Å². The molecule has 0 amide bonds. The van der Waals surface area contributed by atoms with Crippen LogP contribution in [0.2, 0.25) is 0 Å². The summed E-state index contributed by atoms with van der Waals surface area (Å²) >= 11 is 0. The van der Waals surface area contributed by atoms with Crippen molar-refractivity contribution >= 4 is 10.8 Å². The van der Waals surface area contributed by atoms with E-state index in [2.05, 4.69) is 33.0 Å². The normalized spacial score (nSPS) is 32.1. The Hall–Kier alpha value is 0.110. The Balaban J connectivity index is 2.57. The summed E-state index contributed by atoms with van der Waals surface area (Å²) in [6, 6.07) is 0.492. The van der Waals surface area contributed by atoms with Gasteiger partial charge in [-0.3, -0.25) is 4.21 Å². The summed E-state index contributed by atoms with van der Waals surface area (Å²) in [4.78, 5) is 0. The van der Waals surface area contributed by atoms with Crippen molar-refractivity contribution in [1.29, 1.82) is 0 Å². The highest BCUT2D eigenvalue weighted by Gasteiger charge is 2.32. The van der Waals surface area contributed by atoms with E-state index in [4.69, 9.17) is 0 Å². The van der Waals surface area contributed by atoms with Crippen LogP contribution in [0, 0.1) is 11.8 Å². The molecule has 0 aromatic heterocycles. The van der Waals surface area contributed by atoms with Gasteiger partial charge in [0, 0.05) is 22.6 Å². The highest BCUT2D eigenvalue weighted by atomic mass is 32.2. The van der Waals surface area contributed by atoms with E-state index in [-0.39, 0.29) is 0 Å². The lowest BCUT2D eigenvalue weighted by Crippen LogP contribution is -2.47. The van der Waals surface area contributed by atoms with E-state index in [1.54, 1.807) is 0 Å². The Morgan fingerprint density at radius 2 is 2.06 bits per heavy atom. The Morgan fingerprint density at radius 1 is 1.33 bits per heavy atom. The third-order valence-corrected chi connectivity index (χ3v) is 6.29. The first kappa shape index (κ1) is 16.2. The summed E-state index contributed by atoms with van der Waals surface area (Å²) in [5, 5.41) is 4.00. The molecule has 1 N–H and O–H groups in total. The van der Waals surface area contributed by atoms with Crippen LogP contribution in [0.15, 0.2) is 0 Å². The molecule has 0 spiro atoms. The van der Waals surface area contributed by atoms with Gasteiger partial charge in [-0.1, -0.05) is 34.1 Å².